The van der Waals surface area contributed by atoms with E-state index in [-0.39, 0.29) is 0 Å². The summed E-state index contributed by atoms with van der Waals surface area (Å²) < 4.78 is 0. The third-order valence-electron chi connectivity index (χ3n) is 3.28. The fraction of sp³-hybridized carbons (Fsp3) is 0.0714. The summed E-state index contributed by atoms with van der Waals surface area (Å²) in [6.45, 7) is 0. The van der Waals surface area contributed by atoms with Gasteiger partial charge in [-0.15, -0.1) is 0 Å². The van der Waals surface area contributed by atoms with Gasteiger partial charge in [-0.1, -0.05) is 36.4 Å². The van der Waals surface area contributed by atoms with Gasteiger partial charge in [-0.25, -0.2) is 0 Å². The van der Waals surface area contributed by atoms with E-state index in [2.05, 4.69) is 41.4 Å². The van der Waals surface area contributed by atoms with Crippen LogP contribution in [0.5, 0.6) is 0 Å². The van der Waals surface area contributed by atoms with Crippen LogP contribution in [0.1, 0.15) is 16.7 Å². The second kappa shape index (κ2) is 2.37. The minimum Gasteiger partial charge on any atom is -0.256 e. The highest BCUT2D eigenvalue weighted by molar-refractivity contribution is 6.09. The molecule has 2 aliphatic rings. The van der Waals surface area contributed by atoms with Crippen LogP contribution in [-0.4, -0.2) is 6.21 Å². The van der Waals surface area contributed by atoms with Crippen LogP contribution in [0.15, 0.2) is 41.4 Å². The standard InChI is InChI=1S/C14H9N/c1-2-9-4-5-11-8-15-12-7-6-10(3-1)13(9)14(11)12/h1-5,7-8H,6H2. The molecule has 0 saturated heterocycles. The van der Waals surface area contributed by atoms with Gasteiger partial charge in [-0.3, -0.25) is 4.99 Å². The molecule has 0 radical (unpaired) electrons. The van der Waals surface area contributed by atoms with Crippen LogP contribution >= 0.6 is 0 Å². The van der Waals surface area contributed by atoms with Gasteiger partial charge in [0.25, 0.3) is 0 Å². The van der Waals surface area contributed by atoms with Gasteiger partial charge in [0.05, 0.1) is 5.70 Å². The fourth-order valence-corrected chi connectivity index (χ4v) is 2.59. The predicted octanol–water partition coefficient (Wildman–Crippen LogP) is 3.17. The lowest BCUT2D eigenvalue weighted by molar-refractivity contribution is 1.27. The van der Waals surface area contributed by atoms with Gasteiger partial charge >= 0.3 is 0 Å². The number of nitrogens with zero attached hydrogens (tertiary/aromatic N) is 1. The SMILES string of the molecule is C1=NC2=CCc3cccc4ccc1c2c34. The molecule has 0 aromatic heterocycles. The van der Waals surface area contributed by atoms with Gasteiger partial charge in [0.15, 0.2) is 0 Å². The van der Waals surface area contributed by atoms with Crippen LogP contribution in [0.25, 0.3) is 16.5 Å². The van der Waals surface area contributed by atoms with Crippen molar-refractivity contribution in [1.82, 2.24) is 0 Å². The monoisotopic (exact) mass is 191 g/mol. The Bertz CT molecular complexity index is 648. The van der Waals surface area contributed by atoms with E-state index < -0.39 is 0 Å². The second-order valence-electron chi connectivity index (χ2n) is 4.10. The molecule has 0 bridgehead atoms. The summed E-state index contributed by atoms with van der Waals surface area (Å²) in [7, 11) is 0. The highest BCUT2D eigenvalue weighted by Crippen LogP contribution is 2.38. The van der Waals surface area contributed by atoms with Crippen molar-refractivity contribution in [3.05, 3.63) is 53.1 Å². The molecule has 1 heteroatoms. The first kappa shape index (κ1) is 7.41. The summed E-state index contributed by atoms with van der Waals surface area (Å²) in [4.78, 5) is 4.45. The third-order valence-corrected chi connectivity index (χ3v) is 3.28. The molecular weight excluding hydrogens is 182 g/mol. The van der Waals surface area contributed by atoms with Gasteiger partial charge in [-0.2, -0.15) is 0 Å². The summed E-state index contributed by atoms with van der Waals surface area (Å²) >= 11 is 0. The van der Waals surface area contributed by atoms with E-state index in [0.717, 1.165) is 12.1 Å². The van der Waals surface area contributed by atoms with Crippen molar-refractivity contribution >= 4 is 22.7 Å². The number of hydrogen-bond acceptors (Lipinski definition) is 1. The van der Waals surface area contributed by atoms with Gasteiger partial charge in [0.1, 0.15) is 0 Å². The Morgan fingerprint density at radius 1 is 1.07 bits per heavy atom. The van der Waals surface area contributed by atoms with Crippen molar-refractivity contribution in [2.75, 3.05) is 0 Å². The zero-order valence-corrected chi connectivity index (χ0v) is 8.20. The maximum absolute atomic E-state index is 4.45. The van der Waals surface area contributed by atoms with Crippen molar-refractivity contribution in [1.29, 1.82) is 0 Å². The number of benzene rings is 2. The van der Waals surface area contributed by atoms with E-state index in [1.165, 1.54) is 27.5 Å². The molecule has 15 heavy (non-hydrogen) atoms. The molecule has 0 fully saturated rings. The van der Waals surface area contributed by atoms with E-state index in [4.69, 9.17) is 0 Å². The Labute approximate surface area is 87.8 Å². The number of hydrogen-bond donors (Lipinski definition) is 0. The molecule has 1 aliphatic heterocycles. The topological polar surface area (TPSA) is 12.4 Å². The summed E-state index contributed by atoms with van der Waals surface area (Å²) in [5, 5.41) is 2.74. The molecular formula is C14H9N. The molecule has 0 atom stereocenters. The third kappa shape index (κ3) is 0.809. The maximum Gasteiger partial charge on any atom is 0.0678 e. The molecule has 0 spiro atoms. The predicted molar refractivity (Wildman–Crippen MR) is 63.2 cm³/mol. The minimum absolute atomic E-state index is 1.01. The van der Waals surface area contributed by atoms with Crippen LogP contribution in [0, 0.1) is 0 Å². The first-order valence-corrected chi connectivity index (χ1v) is 5.23. The summed E-state index contributed by atoms with van der Waals surface area (Å²) in [5.41, 5.74) is 5.20. The molecule has 0 saturated carbocycles. The van der Waals surface area contributed by atoms with Gasteiger partial charge < -0.3 is 0 Å². The largest absolute Gasteiger partial charge is 0.256 e. The average Bonchev–Trinajstić information content (AvgIpc) is 2.71. The Balaban J connectivity index is 2.32. The number of rotatable bonds is 0. The minimum atomic E-state index is 1.01. The fourth-order valence-electron chi connectivity index (χ4n) is 2.59. The molecule has 1 heterocycles. The quantitative estimate of drug-likeness (QED) is 0.606. The molecule has 4 rings (SSSR count). The molecule has 1 nitrogen and oxygen atoms in total. The summed E-state index contributed by atoms with van der Waals surface area (Å²) in [6.07, 6.45) is 5.22. The molecule has 2 aromatic carbocycles. The molecule has 70 valence electrons. The van der Waals surface area contributed by atoms with Crippen LogP contribution in [-0.2, 0) is 6.42 Å². The average molecular weight is 191 g/mol. The summed E-state index contributed by atoms with van der Waals surface area (Å²) in [5.74, 6) is 0. The Kier molecular flexibility index (Phi) is 1.17. The maximum atomic E-state index is 4.45. The normalized spacial score (nSPS) is 15.9. The highest BCUT2D eigenvalue weighted by atomic mass is 14.8. The Morgan fingerprint density at radius 3 is 3.07 bits per heavy atom. The highest BCUT2D eigenvalue weighted by Gasteiger charge is 2.20. The first-order chi connectivity index (χ1) is 7.43. The molecule has 1 aliphatic carbocycles. The van der Waals surface area contributed by atoms with E-state index in [1.54, 1.807) is 0 Å². The molecule has 0 unspecified atom stereocenters. The van der Waals surface area contributed by atoms with Crippen molar-refractivity contribution in [3.63, 3.8) is 0 Å². The summed E-state index contributed by atoms with van der Waals surface area (Å²) in [6, 6.07) is 10.9. The lowest BCUT2D eigenvalue weighted by atomic mass is 9.90. The van der Waals surface area contributed by atoms with Crippen molar-refractivity contribution < 1.29 is 0 Å². The molecule has 0 amide bonds. The smallest absolute Gasteiger partial charge is 0.0678 e. The lowest BCUT2D eigenvalue weighted by Crippen LogP contribution is -1.96. The van der Waals surface area contributed by atoms with E-state index in [0.29, 0.717) is 0 Å². The van der Waals surface area contributed by atoms with Crippen LogP contribution in [0.4, 0.5) is 0 Å². The van der Waals surface area contributed by atoms with Crippen LogP contribution in [0.3, 0.4) is 0 Å². The zero-order valence-electron chi connectivity index (χ0n) is 8.20. The van der Waals surface area contributed by atoms with Gasteiger partial charge in [0.2, 0.25) is 0 Å². The number of aliphatic imine (C=N–C) groups is 1. The Hall–Kier alpha value is -1.89. The van der Waals surface area contributed by atoms with E-state index in [1.807, 2.05) is 6.21 Å². The zero-order chi connectivity index (χ0) is 9.83. The van der Waals surface area contributed by atoms with Gasteiger partial charge in [-0.05, 0) is 22.8 Å². The Morgan fingerprint density at radius 2 is 2.07 bits per heavy atom. The lowest BCUT2D eigenvalue weighted by Gasteiger charge is -2.14. The van der Waals surface area contributed by atoms with Crippen molar-refractivity contribution in [2.24, 2.45) is 4.99 Å². The van der Waals surface area contributed by atoms with E-state index >= 15 is 0 Å². The van der Waals surface area contributed by atoms with Crippen LogP contribution < -0.4 is 0 Å². The molecule has 0 N–H and O–H groups in total. The van der Waals surface area contributed by atoms with Gasteiger partial charge in [0, 0.05) is 17.3 Å². The molecule has 2 aromatic rings. The van der Waals surface area contributed by atoms with Crippen molar-refractivity contribution in [3.8, 4) is 0 Å². The second-order valence-corrected chi connectivity index (χ2v) is 4.10. The van der Waals surface area contributed by atoms with Crippen LogP contribution in [0.2, 0.25) is 0 Å². The van der Waals surface area contributed by atoms with Crippen molar-refractivity contribution in [2.45, 2.75) is 6.42 Å². The number of allylic oxidation sites excluding steroid dienone is 1. The van der Waals surface area contributed by atoms with E-state index in [9.17, 15) is 0 Å². The first-order valence-electron chi connectivity index (χ1n) is 5.23.